The fourth-order valence-electron chi connectivity index (χ4n) is 1.83. The smallest absolute Gasteiger partial charge is 0.264 e. The first-order valence-corrected chi connectivity index (χ1v) is 6.35. The fourth-order valence-corrected chi connectivity index (χ4v) is 2.41. The van der Waals surface area contributed by atoms with Crippen LogP contribution in [-0.2, 0) is 0 Å². The van der Waals surface area contributed by atoms with Crippen LogP contribution in [0.15, 0.2) is 0 Å². The molecule has 0 aromatic carbocycles. The Balaban J connectivity index is 1.81. The molecule has 1 fully saturated rings. The van der Waals surface area contributed by atoms with E-state index in [9.17, 15) is 4.79 Å². The quantitative estimate of drug-likeness (QED) is 0.817. The lowest BCUT2D eigenvalue weighted by Crippen LogP contribution is -2.43. The van der Waals surface area contributed by atoms with Gasteiger partial charge >= 0.3 is 0 Å². The van der Waals surface area contributed by atoms with Crippen LogP contribution in [0.1, 0.15) is 34.6 Å². The van der Waals surface area contributed by atoms with Crippen LogP contribution < -0.4 is 10.6 Å². The minimum absolute atomic E-state index is 0.0557. The lowest BCUT2D eigenvalue weighted by Gasteiger charge is -2.23. The van der Waals surface area contributed by atoms with Crippen molar-refractivity contribution in [3.05, 3.63) is 10.6 Å². The zero-order valence-corrected chi connectivity index (χ0v) is 10.1. The Morgan fingerprint density at radius 3 is 3.12 bits per heavy atom. The summed E-state index contributed by atoms with van der Waals surface area (Å²) in [6, 6.07) is 0.416. The molecule has 1 aliphatic rings. The largest absolute Gasteiger partial charge is 0.350 e. The molecule has 2 heterocycles. The fraction of sp³-hybridized carbons (Fsp3) is 0.700. The zero-order chi connectivity index (χ0) is 11.4. The molecule has 5 nitrogen and oxygen atoms in total. The number of hydrogen-bond donors (Lipinski definition) is 2. The molecular weight excluding hydrogens is 224 g/mol. The van der Waals surface area contributed by atoms with Gasteiger partial charge in [0.1, 0.15) is 4.88 Å². The summed E-state index contributed by atoms with van der Waals surface area (Å²) in [4.78, 5) is 12.4. The van der Waals surface area contributed by atoms with E-state index >= 15 is 0 Å². The van der Waals surface area contributed by atoms with Gasteiger partial charge in [-0.3, -0.25) is 4.79 Å². The highest BCUT2D eigenvalue weighted by Gasteiger charge is 2.16. The summed E-state index contributed by atoms with van der Waals surface area (Å²) in [5, 5.41) is 10.1. The summed E-state index contributed by atoms with van der Waals surface area (Å²) in [6.07, 6.45) is 3.62. The predicted octanol–water partition coefficient (Wildman–Crippen LogP) is 0.718. The molecule has 88 valence electrons. The third kappa shape index (κ3) is 2.76. The van der Waals surface area contributed by atoms with Crippen LogP contribution in [0.5, 0.6) is 0 Å². The van der Waals surface area contributed by atoms with E-state index in [1.54, 1.807) is 6.92 Å². The van der Waals surface area contributed by atoms with Crippen molar-refractivity contribution in [2.75, 3.05) is 13.1 Å². The third-order valence-corrected chi connectivity index (χ3v) is 3.61. The predicted molar refractivity (Wildman–Crippen MR) is 62.6 cm³/mol. The zero-order valence-electron chi connectivity index (χ0n) is 9.32. The van der Waals surface area contributed by atoms with Crippen molar-refractivity contribution in [2.45, 2.75) is 32.2 Å². The number of carbonyl (C=O) groups is 1. The Kier molecular flexibility index (Phi) is 3.84. The van der Waals surface area contributed by atoms with E-state index in [1.165, 1.54) is 12.8 Å². The van der Waals surface area contributed by atoms with E-state index in [-0.39, 0.29) is 5.91 Å². The van der Waals surface area contributed by atoms with Gasteiger partial charge in [-0.1, -0.05) is 10.9 Å². The van der Waals surface area contributed by atoms with Gasteiger partial charge in [-0.05, 0) is 37.8 Å². The Hall–Kier alpha value is -1.01. The maximum absolute atomic E-state index is 11.8. The van der Waals surface area contributed by atoms with E-state index in [1.807, 2.05) is 0 Å². The first kappa shape index (κ1) is 11.5. The minimum Gasteiger partial charge on any atom is -0.350 e. The molecule has 1 aromatic heterocycles. The number of hydrogen-bond acceptors (Lipinski definition) is 5. The molecule has 0 saturated carbocycles. The molecule has 1 saturated heterocycles. The van der Waals surface area contributed by atoms with E-state index < -0.39 is 0 Å². The maximum atomic E-state index is 11.8. The molecule has 1 amide bonds. The van der Waals surface area contributed by atoms with Crippen LogP contribution in [0, 0.1) is 6.92 Å². The molecule has 1 atom stereocenters. The van der Waals surface area contributed by atoms with Gasteiger partial charge in [0.2, 0.25) is 0 Å². The third-order valence-electron chi connectivity index (χ3n) is 2.78. The molecule has 1 aliphatic heterocycles. The summed E-state index contributed by atoms with van der Waals surface area (Å²) < 4.78 is 3.75. The Labute approximate surface area is 98.8 Å². The summed E-state index contributed by atoms with van der Waals surface area (Å²) in [7, 11) is 0. The molecule has 0 bridgehead atoms. The number of rotatable bonds is 3. The van der Waals surface area contributed by atoms with Crippen molar-refractivity contribution < 1.29 is 4.79 Å². The van der Waals surface area contributed by atoms with Gasteiger partial charge in [0.15, 0.2) is 0 Å². The second-order valence-electron chi connectivity index (χ2n) is 4.04. The van der Waals surface area contributed by atoms with Gasteiger partial charge in [-0.15, -0.1) is 5.10 Å². The molecule has 1 aromatic rings. The number of carbonyl (C=O) groups excluding carboxylic acids is 1. The van der Waals surface area contributed by atoms with Crippen molar-refractivity contribution in [1.29, 1.82) is 0 Å². The standard InChI is InChI=1S/C10H16N4OS/c1-7-9(16-14-13-7)10(15)12-6-8-4-2-3-5-11-8/h8,11H,2-6H2,1H3,(H,12,15). The average molecular weight is 240 g/mol. The molecule has 0 spiro atoms. The average Bonchev–Trinajstić information content (AvgIpc) is 2.74. The molecular formula is C10H16N4OS. The van der Waals surface area contributed by atoms with Crippen molar-refractivity contribution in [3.63, 3.8) is 0 Å². The van der Waals surface area contributed by atoms with Crippen molar-refractivity contribution >= 4 is 17.4 Å². The summed E-state index contributed by atoms with van der Waals surface area (Å²) in [5.74, 6) is -0.0557. The van der Waals surface area contributed by atoms with Crippen molar-refractivity contribution in [2.24, 2.45) is 0 Å². The number of amides is 1. The van der Waals surface area contributed by atoms with Crippen molar-refractivity contribution in [1.82, 2.24) is 20.2 Å². The Bertz CT molecular complexity index is 359. The van der Waals surface area contributed by atoms with Gasteiger partial charge in [0.25, 0.3) is 5.91 Å². The highest BCUT2D eigenvalue weighted by atomic mass is 32.1. The molecule has 6 heteroatoms. The molecule has 2 rings (SSSR count). The number of aryl methyl sites for hydroxylation is 1. The van der Waals surface area contributed by atoms with E-state index in [0.717, 1.165) is 24.5 Å². The highest BCUT2D eigenvalue weighted by molar-refractivity contribution is 7.07. The number of nitrogens with zero attached hydrogens (tertiary/aromatic N) is 2. The first-order valence-electron chi connectivity index (χ1n) is 5.58. The number of piperidine rings is 1. The first-order chi connectivity index (χ1) is 7.77. The van der Waals surface area contributed by atoms with Crippen molar-refractivity contribution in [3.8, 4) is 0 Å². The van der Waals surface area contributed by atoms with Gasteiger partial charge in [-0.25, -0.2) is 0 Å². The molecule has 0 radical (unpaired) electrons. The molecule has 1 unspecified atom stereocenters. The minimum atomic E-state index is -0.0557. The van der Waals surface area contributed by atoms with Crippen LogP contribution >= 0.6 is 11.5 Å². The van der Waals surface area contributed by atoms with Crippen LogP contribution in [-0.4, -0.2) is 34.6 Å². The van der Waals surface area contributed by atoms with Gasteiger partial charge < -0.3 is 10.6 Å². The lowest BCUT2D eigenvalue weighted by molar-refractivity contribution is 0.0951. The van der Waals surface area contributed by atoms with Crippen LogP contribution in [0.3, 0.4) is 0 Å². The normalized spacial score (nSPS) is 20.7. The maximum Gasteiger partial charge on any atom is 0.264 e. The van der Waals surface area contributed by atoms with Gasteiger partial charge in [0.05, 0.1) is 5.69 Å². The summed E-state index contributed by atoms with van der Waals surface area (Å²) in [5.41, 5.74) is 0.708. The number of nitrogens with one attached hydrogen (secondary N) is 2. The second kappa shape index (κ2) is 5.36. The van der Waals surface area contributed by atoms with Crippen LogP contribution in [0.2, 0.25) is 0 Å². The summed E-state index contributed by atoms with van der Waals surface area (Å²) in [6.45, 7) is 3.55. The Morgan fingerprint density at radius 2 is 2.50 bits per heavy atom. The van der Waals surface area contributed by atoms with Gasteiger partial charge in [0, 0.05) is 12.6 Å². The van der Waals surface area contributed by atoms with Crippen LogP contribution in [0.25, 0.3) is 0 Å². The molecule has 16 heavy (non-hydrogen) atoms. The SMILES string of the molecule is Cc1nnsc1C(=O)NCC1CCCCN1. The van der Waals surface area contributed by atoms with E-state index in [4.69, 9.17) is 0 Å². The lowest BCUT2D eigenvalue weighted by atomic mass is 10.1. The topological polar surface area (TPSA) is 66.9 Å². The van der Waals surface area contributed by atoms with Gasteiger partial charge in [-0.2, -0.15) is 0 Å². The van der Waals surface area contributed by atoms with E-state index in [2.05, 4.69) is 20.2 Å². The summed E-state index contributed by atoms with van der Waals surface area (Å²) >= 11 is 1.15. The Morgan fingerprint density at radius 1 is 1.62 bits per heavy atom. The second-order valence-corrected chi connectivity index (χ2v) is 4.80. The number of aromatic nitrogens is 2. The highest BCUT2D eigenvalue weighted by Crippen LogP contribution is 2.09. The monoisotopic (exact) mass is 240 g/mol. The van der Waals surface area contributed by atoms with Crippen LogP contribution in [0.4, 0.5) is 0 Å². The van der Waals surface area contributed by atoms with E-state index in [0.29, 0.717) is 23.2 Å². The molecule has 2 N–H and O–H groups in total. The molecule has 0 aliphatic carbocycles.